The molecule has 0 saturated heterocycles. The SMILES string of the molecule is ClC(c1ccccc1)c1nnc(-c2ccncc2)s1. The van der Waals surface area contributed by atoms with E-state index in [1.165, 1.54) is 11.3 Å². The number of rotatable bonds is 3. The maximum absolute atomic E-state index is 6.43. The summed E-state index contributed by atoms with van der Waals surface area (Å²) in [5.41, 5.74) is 2.04. The average Bonchev–Trinajstić information content (AvgIpc) is 2.98. The van der Waals surface area contributed by atoms with Crippen LogP contribution in [0.4, 0.5) is 0 Å². The molecule has 2 aromatic heterocycles. The first-order chi connectivity index (χ1) is 9.34. The number of pyridine rings is 1. The van der Waals surface area contributed by atoms with E-state index in [1.807, 2.05) is 42.5 Å². The van der Waals surface area contributed by atoms with E-state index in [0.29, 0.717) is 0 Å². The molecule has 3 nitrogen and oxygen atoms in total. The van der Waals surface area contributed by atoms with Crippen molar-refractivity contribution in [1.82, 2.24) is 15.2 Å². The lowest BCUT2D eigenvalue weighted by Gasteiger charge is -2.04. The Morgan fingerprint density at radius 3 is 2.42 bits per heavy atom. The molecule has 5 heteroatoms. The van der Waals surface area contributed by atoms with Gasteiger partial charge in [0.25, 0.3) is 0 Å². The highest BCUT2D eigenvalue weighted by atomic mass is 35.5. The summed E-state index contributed by atoms with van der Waals surface area (Å²) in [5.74, 6) is 0. The van der Waals surface area contributed by atoms with Crippen molar-refractivity contribution in [1.29, 1.82) is 0 Å². The molecule has 0 aliphatic carbocycles. The summed E-state index contributed by atoms with van der Waals surface area (Å²) in [6.07, 6.45) is 3.48. The first-order valence-electron chi connectivity index (χ1n) is 5.77. The highest BCUT2D eigenvalue weighted by molar-refractivity contribution is 7.15. The summed E-state index contributed by atoms with van der Waals surface area (Å²) in [6, 6.07) is 13.7. The Bertz CT molecular complexity index is 655. The van der Waals surface area contributed by atoms with E-state index in [-0.39, 0.29) is 5.38 Å². The molecule has 1 unspecified atom stereocenters. The largest absolute Gasteiger partial charge is 0.265 e. The Hall–Kier alpha value is -1.78. The van der Waals surface area contributed by atoms with Crippen molar-refractivity contribution in [2.75, 3.05) is 0 Å². The maximum atomic E-state index is 6.43. The smallest absolute Gasteiger partial charge is 0.147 e. The normalized spacial score (nSPS) is 12.3. The predicted octanol–water partition coefficient (Wildman–Crippen LogP) is 3.93. The molecule has 0 bridgehead atoms. The second-order valence-corrected chi connectivity index (χ2v) is 5.40. The molecule has 0 saturated carbocycles. The summed E-state index contributed by atoms with van der Waals surface area (Å²) in [5, 5.41) is 9.78. The van der Waals surface area contributed by atoms with Gasteiger partial charge >= 0.3 is 0 Å². The van der Waals surface area contributed by atoms with Crippen LogP contribution in [0.3, 0.4) is 0 Å². The second kappa shape index (κ2) is 5.47. The summed E-state index contributed by atoms with van der Waals surface area (Å²) < 4.78 is 0. The third-order valence-corrected chi connectivity index (χ3v) is 4.30. The summed E-state index contributed by atoms with van der Waals surface area (Å²) >= 11 is 7.93. The summed E-state index contributed by atoms with van der Waals surface area (Å²) in [4.78, 5) is 3.99. The van der Waals surface area contributed by atoms with E-state index in [0.717, 1.165) is 21.1 Å². The number of hydrogen-bond acceptors (Lipinski definition) is 4. The van der Waals surface area contributed by atoms with E-state index in [2.05, 4.69) is 15.2 Å². The third-order valence-electron chi connectivity index (χ3n) is 2.68. The molecule has 0 aliphatic heterocycles. The van der Waals surface area contributed by atoms with Crippen LogP contribution in [-0.2, 0) is 0 Å². The topological polar surface area (TPSA) is 38.7 Å². The molecule has 1 aromatic carbocycles. The molecule has 0 radical (unpaired) electrons. The number of nitrogens with zero attached hydrogens (tertiary/aromatic N) is 3. The molecular weight excluding hydrogens is 278 g/mol. The van der Waals surface area contributed by atoms with Gasteiger partial charge in [-0.25, -0.2) is 0 Å². The van der Waals surface area contributed by atoms with Crippen LogP contribution in [0.25, 0.3) is 10.6 Å². The lowest BCUT2D eigenvalue weighted by molar-refractivity contribution is 0.988. The lowest BCUT2D eigenvalue weighted by Crippen LogP contribution is -1.91. The van der Waals surface area contributed by atoms with Crippen molar-refractivity contribution < 1.29 is 0 Å². The number of hydrogen-bond donors (Lipinski definition) is 0. The zero-order valence-corrected chi connectivity index (χ0v) is 11.5. The molecule has 0 aliphatic rings. The maximum Gasteiger partial charge on any atom is 0.147 e. The zero-order chi connectivity index (χ0) is 13.1. The Labute approximate surface area is 119 Å². The number of aromatic nitrogens is 3. The van der Waals surface area contributed by atoms with Crippen LogP contribution in [0.2, 0.25) is 0 Å². The van der Waals surface area contributed by atoms with Crippen molar-refractivity contribution in [3.05, 3.63) is 65.4 Å². The van der Waals surface area contributed by atoms with Gasteiger partial charge in [-0.15, -0.1) is 21.8 Å². The molecule has 0 spiro atoms. The summed E-state index contributed by atoms with van der Waals surface area (Å²) in [7, 11) is 0. The van der Waals surface area contributed by atoms with Crippen molar-refractivity contribution in [3.8, 4) is 10.6 Å². The monoisotopic (exact) mass is 287 g/mol. The highest BCUT2D eigenvalue weighted by Gasteiger charge is 2.16. The molecule has 0 fully saturated rings. The Morgan fingerprint density at radius 2 is 1.68 bits per heavy atom. The van der Waals surface area contributed by atoms with Crippen LogP contribution in [0, 0.1) is 0 Å². The van der Waals surface area contributed by atoms with Gasteiger partial charge in [0.2, 0.25) is 0 Å². The van der Waals surface area contributed by atoms with Crippen molar-refractivity contribution in [2.24, 2.45) is 0 Å². The van der Waals surface area contributed by atoms with Gasteiger partial charge in [-0.3, -0.25) is 4.98 Å². The number of benzene rings is 1. The quantitative estimate of drug-likeness (QED) is 0.685. The third kappa shape index (κ3) is 2.64. The van der Waals surface area contributed by atoms with Gasteiger partial charge < -0.3 is 0 Å². The Kier molecular flexibility index (Phi) is 3.53. The van der Waals surface area contributed by atoms with Crippen LogP contribution in [-0.4, -0.2) is 15.2 Å². The molecule has 2 heterocycles. The second-order valence-electron chi connectivity index (χ2n) is 3.95. The van der Waals surface area contributed by atoms with Gasteiger partial charge in [0, 0.05) is 18.0 Å². The first-order valence-corrected chi connectivity index (χ1v) is 7.03. The van der Waals surface area contributed by atoms with Crippen LogP contribution in [0.5, 0.6) is 0 Å². The van der Waals surface area contributed by atoms with Crippen molar-refractivity contribution in [2.45, 2.75) is 5.38 Å². The van der Waals surface area contributed by atoms with E-state index in [9.17, 15) is 0 Å². The van der Waals surface area contributed by atoms with Gasteiger partial charge in [0.05, 0.1) is 0 Å². The number of alkyl halides is 1. The average molecular weight is 288 g/mol. The molecule has 19 heavy (non-hydrogen) atoms. The predicted molar refractivity (Wildman–Crippen MR) is 77.3 cm³/mol. The fourth-order valence-corrected chi connectivity index (χ4v) is 2.89. The molecule has 3 rings (SSSR count). The van der Waals surface area contributed by atoms with Crippen LogP contribution in [0.1, 0.15) is 15.9 Å². The van der Waals surface area contributed by atoms with Gasteiger partial charge in [-0.05, 0) is 17.7 Å². The molecule has 0 N–H and O–H groups in total. The van der Waals surface area contributed by atoms with Gasteiger partial charge in [0.15, 0.2) is 0 Å². The molecule has 1 atom stereocenters. The van der Waals surface area contributed by atoms with Crippen molar-refractivity contribution in [3.63, 3.8) is 0 Å². The molecule has 0 amide bonds. The van der Waals surface area contributed by atoms with E-state index in [4.69, 9.17) is 11.6 Å². The first kappa shape index (κ1) is 12.3. The highest BCUT2D eigenvalue weighted by Crippen LogP contribution is 2.33. The van der Waals surface area contributed by atoms with E-state index >= 15 is 0 Å². The fourth-order valence-electron chi connectivity index (χ4n) is 1.71. The van der Waals surface area contributed by atoms with E-state index < -0.39 is 0 Å². The minimum absolute atomic E-state index is 0.255. The van der Waals surface area contributed by atoms with Gasteiger partial charge in [-0.2, -0.15) is 0 Å². The van der Waals surface area contributed by atoms with Crippen LogP contribution in [0.15, 0.2) is 54.9 Å². The minimum Gasteiger partial charge on any atom is -0.265 e. The van der Waals surface area contributed by atoms with E-state index in [1.54, 1.807) is 12.4 Å². The molecule has 3 aromatic rings. The van der Waals surface area contributed by atoms with Gasteiger partial charge in [-0.1, -0.05) is 41.7 Å². The fraction of sp³-hybridized carbons (Fsp3) is 0.0714. The Morgan fingerprint density at radius 1 is 0.947 bits per heavy atom. The summed E-state index contributed by atoms with van der Waals surface area (Å²) in [6.45, 7) is 0. The Balaban J connectivity index is 1.90. The zero-order valence-electron chi connectivity index (χ0n) is 9.90. The van der Waals surface area contributed by atoms with Gasteiger partial charge in [0.1, 0.15) is 15.4 Å². The van der Waals surface area contributed by atoms with Crippen molar-refractivity contribution >= 4 is 22.9 Å². The van der Waals surface area contributed by atoms with Crippen LogP contribution < -0.4 is 0 Å². The standard InChI is InChI=1S/C14H10ClN3S/c15-12(10-4-2-1-3-5-10)14-18-17-13(19-14)11-6-8-16-9-7-11/h1-9,12H. The minimum atomic E-state index is -0.255. The van der Waals surface area contributed by atoms with Crippen LogP contribution >= 0.6 is 22.9 Å². The molecule has 94 valence electrons. The number of halogens is 1. The molecular formula is C14H10ClN3S. The lowest BCUT2D eigenvalue weighted by atomic mass is 10.1.